The van der Waals surface area contributed by atoms with Gasteiger partial charge in [-0.1, -0.05) is 18.2 Å². The average molecular weight is 396 g/mol. The van der Waals surface area contributed by atoms with Gasteiger partial charge in [-0.2, -0.15) is 0 Å². The number of nitrogens with zero attached hydrogens (tertiary/aromatic N) is 6. The van der Waals surface area contributed by atoms with Gasteiger partial charge in [0, 0.05) is 70.9 Å². The van der Waals surface area contributed by atoms with Crippen molar-refractivity contribution in [1.82, 2.24) is 20.2 Å². The van der Waals surface area contributed by atoms with Gasteiger partial charge in [0.25, 0.3) is 0 Å². The highest BCUT2D eigenvalue weighted by Crippen LogP contribution is 2.21. The molecule has 1 aromatic carbocycles. The van der Waals surface area contributed by atoms with Crippen molar-refractivity contribution in [1.29, 1.82) is 0 Å². The van der Waals surface area contributed by atoms with Crippen molar-refractivity contribution >= 4 is 17.6 Å². The molecule has 2 aliphatic heterocycles. The SMILES string of the molecule is CN=C(NCc1ccccc1N1CCOCC1)N1CCN(c2ncccn2)CC1. The number of hydrogen-bond acceptors (Lipinski definition) is 6. The molecule has 0 aliphatic carbocycles. The molecular formula is C21H29N7O. The van der Waals surface area contributed by atoms with Crippen LogP contribution in [0.4, 0.5) is 11.6 Å². The van der Waals surface area contributed by atoms with E-state index in [9.17, 15) is 0 Å². The first kappa shape index (κ1) is 19.4. The maximum absolute atomic E-state index is 5.50. The number of anilines is 2. The molecule has 3 heterocycles. The topological polar surface area (TPSA) is 69.1 Å². The number of para-hydroxylation sites is 1. The van der Waals surface area contributed by atoms with Crippen LogP contribution in [0.1, 0.15) is 5.56 Å². The largest absolute Gasteiger partial charge is 0.378 e. The van der Waals surface area contributed by atoms with Crippen molar-refractivity contribution in [2.24, 2.45) is 4.99 Å². The summed E-state index contributed by atoms with van der Waals surface area (Å²) >= 11 is 0. The molecule has 0 spiro atoms. The first-order valence-electron chi connectivity index (χ1n) is 10.2. The molecule has 0 radical (unpaired) electrons. The number of guanidine groups is 1. The standard InChI is InChI=1S/C21H29N7O/c1-22-20(27-9-11-28(12-10-27)21-23-7-4-8-24-21)25-17-18-5-2-3-6-19(18)26-13-15-29-16-14-26/h2-8H,9-17H2,1H3,(H,22,25). The van der Waals surface area contributed by atoms with Gasteiger partial charge in [0.1, 0.15) is 0 Å². The van der Waals surface area contributed by atoms with Crippen molar-refractivity contribution in [3.8, 4) is 0 Å². The highest BCUT2D eigenvalue weighted by atomic mass is 16.5. The number of rotatable bonds is 4. The number of morpholine rings is 1. The van der Waals surface area contributed by atoms with Crippen molar-refractivity contribution in [2.45, 2.75) is 6.54 Å². The number of aromatic nitrogens is 2. The van der Waals surface area contributed by atoms with Crippen LogP contribution in [-0.4, -0.2) is 80.4 Å². The third-order valence-electron chi connectivity index (χ3n) is 5.41. The highest BCUT2D eigenvalue weighted by molar-refractivity contribution is 5.80. The summed E-state index contributed by atoms with van der Waals surface area (Å²) in [5.41, 5.74) is 2.57. The molecule has 8 heteroatoms. The summed E-state index contributed by atoms with van der Waals surface area (Å²) in [5.74, 6) is 1.74. The van der Waals surface area contributed by atoms with Gasteiger partial charge in [-0.15, -0.1) is 0 Å². The van der Waals surface area contributed by atoms with E-state index in [0.717, 1.165) is 70.9 Å². The Balaban J connectivity index is 1.35. The van der Waals surface area contributed by atoms with E-state index in [1.54, 1.807) is 12.4 Å². The third-order valence-corrected chi connectivity index (χ3v) is 5.41. The Hall–Kier alpha value is -2.87. The average Bonchev–Trinajstić information content (AvgIpc) is 2.81. The first-order chi connectivity index (χ1) is 14.3. The predicted molar refractivity (Wildman–Crippen MR) is 115 cm³/mol. The molecule has 2 fully saturated rings. The molecule has 1 aromatic heterocycles. The lowest BCUT2D eigenvalue weighted by atomic mass is 10.1. The van der Waals surface area contributed by atoms with E-state index in [1.165, 1.54) is 11.3 Å². The molecule has 2 aliphatic rings. The Kier molecular flexibility index (Phi) is 6.41. The number of ether oxygens (including phenoxy) is 1. The Labute approximate surface area is 172 Å². The summed E-state index contributed by atoms with van der Waals surface area (Å²) in [6, 6.07) is 10.4. The van der Waals surface area contributed by atoms with E-state index >= 15 is 0 Å². The fraction of sp³-hybridized carbons (Fsp3) is 0.476. The molecule has 0 amide bonds. The molecule has 2 aromatic rings. The van der Waals surface area contributed by atoms with Crippen LogP contribution in [0, 0.1) is 0 Å². The minimum absolute atomic E-state index is 0.752. The van der Waals surface area contributed by atoms with Gasteiger partial charge >= 0.3 is 0 Å². The fourth-order valence-electron chi connectivity index (χ4n) is 3.85. The quantitative estimate of drug-likeness (QED) is 0.616. The van der Waals surface area contributed by atoms with E-state index in [-0.39, 0.29) is 0 Å². The van der Waals surface area contributed by atoms with Gasteiger partial charge in [-0.25, -0.2) is 9.97 Å². The molecule has 0 atom stereocenters. The van der Waals surface area contributed by atoms with Gasteiger partial charge in [-0.3, -0.25) is 4.99 Å². The van der Waals surface area contributed by atoms with Crippen LogP contribution in [-0.2, 0) is 11.3 Å². The third kappa shape index (κ3) is 4.76. The van der Waals surface area contributed by atoms with Crippen molar-refractivity contribution < 1.29 is 4.74 Å². The minimum Gasteiger partial charge on any atom is -0.378 e. The summed E-state index contributed by atoms with van der Waals surface area (Å²) in [4.78, 5) is 20.2. The maximum atomic E-state index is 5.50. The van der Waals surface area contributed by atoms with Crippen molar-refractivity contribution in [2.75, 3.05) is 69.3 Å². The molecule has 0 bridgehead atoms. The summed E-state index contributed by atoms with van der Waals surface area (Å²) in [5, 5.41) is 3.56. The monoisotopic (exact) mass is 395 g/mol. The zero-order valence-corrected chi connectivity index (χ0v) is 17.0. The van der Waals surface area contributed by atoms with Crippen molar-refractivity contribution in [3.63, 3.8) is 0 Å². The summed E-state index contributed by atoms with van der Waals surface area (Å²) < 4.78 is 5.50. The van der Waals surface area contributed by atoms with Gasteiger partial charge in [-0.05, 0) is 17.7 Å². The van der Waals surface area contributed by atoms with E-state index in [4.69, 9.17) is 4.74 Å². The second-order valence-electron chi connectivity index (χ2n) is 7.15. The molecule has 0 unspecified atom stereocenters. The molecule has 0 saturated carbocycles. The van der Waals surface area contributed by atoms with Crippen LogP contribution >= 0.6 is 0 Å². The number of nitrogens with one attached hydrogen (secondary N) is 1. The molecule has 2 saturated heterocycles. The lowest BCUT2D eigenvalue weighted by Gasteiger charge is -2.36. The summed E-state index contributed by atoms with van der Waals surface area (Å²) in [6.45, 7) is 7.76. The molecule has 4 rings (SSSR count). The second kappa shape index (κ2) is 9.56. The normalized spacial score (nSPS) is 18.1. The van der Waals surface area contributed by atoms with E-state index < -0.39 is 0 Å². The maximum Gasteiger partial charge on any atom is 0.225 e. The number of hydrogen-bond donors (Lipinski definition) is 1. The number of aliphatic imine (C=N–C) groups is 1. The van der Waals surface area contributed by atoms with Crippen LogP contribution < -0.4 is 15.1 Å². The molecule has 154 valence electrons. The van der Waals surface area contributed by atoms with Crippen LogP contribution in [0.5, 0.6) is 0 Å². The van der Waals surface area contributed by atoms with E-state index in [0.29, 0.717) is 0 Å². The van der Waals surface area contributed by atoms with Gasteiger partial charge in [0.15, 0.2) is 5.96 Å². The van der Waals surface area contributed by atoms with Crippen LogP contribution in [0.2, 0.25) is 0 Å². The first-order valence-corrected chi connectivity index (χ1v) is 10.2. The van der Waals surface area contributed by atoms with Crippen molar-refractivity contribution in [3.05, 3.63) is 48.3 Å². The summed E-state index contributed by atoms with van der Waals surface area (Å²) in [6.07, 6.45) is 3.59. The number of piperazine rings is 1. The Morgan fingerprint density at radius 2 is 1.69 bits per heavy atom. The Bertz CT molecular complexity index is 800. The van der Waals surface area contributed by atoms with Crippen LogP contribution in [0.3, 0.4) is 0 Å². The molecule has 29 heavy (non-hydrogen) atoms. The zero-order valence-electron chi connectivity index (χ0n) is 17.0. The highest BCUT2D eigenvalue weighted by Gasteiger charge is 2.21. The Morgan fingerprint density at radius 3 is 2.41 bits per heavy atom. The van der Waals surface area contributed by atoms with E-state index in [2.05, 4.69) is 59.2 Å². The predicted octanol–water partition coefficient (Wildman–Crippen LogP) is 1.21. The van der Waals surface area contributed by atoms with Gasteiger partial charge in [0.2, 0.25) is 5.95 Å². The zero-order chi connectivity index (χ0) is 19.9. The molecule has 1 N–H and O–H groups in total. The molecule has 8 nitrogen and oxygen atoms in total. The van der Waals surface area contributed by atoms with Crippen LogP contribution in [0.25, 0.3) is 0 Å². The Morgan fingerprint density at radius 1 is 0.966 bits per heavy atom. The number of benzene rings is 1. The lowest BCUT2D eigenvalue weighted by molar-refractivity contribution is 0.122. The second-order valence-corrected chi connectivity index (χ2v) is 7.15. The minimum atomic E-state index is 0.752. The molecular weight excluding hydrogens is 366 g/mol. The lowest BCUT2D eigenvalue weighted by Crippen LogP contribution is -2.52. The van der Waals surface area contributed by atoms with Gasteiger partial charge in [0.05, 0.1) is 13.2 Å². The summed E-state index contributed by atoms with van der Waals surface area (Å²) in [7, 11) is 1.85. The van der Waals surface area contributed by atoms with E-state index in [1.807, 2.05) is 13.1 Å². The van der Waals surface area contributed by atoms with Gasteiger partial charge < -0.3 is 24.8 Å². The van der Waals surface area contributed by atoms with Crippen LogP contribution in [0.15, 0.2) is 47.7 Å². The fourth-order valence-corrected chi connectivity index (χ4v) is 3.85. The smallest absolute Gasteiger partial charge is 0.225 e.